The highest BCUT2D eigenvalue weighted by atomic mass is 19.1. The molecule has 0 saturated heterocycles. The van der Waals surface area contributed by atoms with Crippen LogP contribution < -0.4 is 10.6 Å². The highest BCUT2D eigenvalue weighted by Gasteiger charge is 2.06. The number of likely N-dealkylation sites (N-methyl/N-ethyl adjacent to an activating group) is 1. The van der Waals surface area contributed by atoms with Crippen LogP contribution >= 0.6 is 0 Å². The summed E-state index contributed by atoms with van der Waals surface area (Å²) in [6.45, 7) is 0.754. The molecule has 0 radical (unpaired) electrons. The van der Waals surface area contributed by atoms with Crippen molar-refractivity contribution < 1.29 is 4.39 Å². The van der Waals surface area contributed by atoms with Gasteiger partial charge in [0.25, 0.3) is 0 Å². The zero-order valence-corrected chi connectivity index (χ0v) is 10.4. The largest absolute Gasteiger partial charge is 0.399 e. The van der Waals surface area contributed by atoms with Gasteiger partial charge in [0.05, 0.1) is 5.69 Å². The van der Waals surface area contributed by atoms with Gasteiger partial charge in [0.15, 0.2) is 0 Å². The van der Waals surface area contributed by atoms with E-state index in [0.29, 0.717) is 5.69 Å². The molecule has 0 saturated carbocycles. The molecule has 0 atom stereocenters. The van der Waals surface area contributed by atoms with Crippen LogP contribution in [-0.2, 0) is 6.42 Å². The summed E-state index contributed by atoms with van der Waals surface area (Å²) in [7, 11) is 1.89. The number of hydrogen-bond donors (Lipinski definition) is 1. The van der Waals surface area contributed by atoms with E-state index in [2.05, 4.69) is 0 Å². The van der Waals surface area contributed by atoms with Crippen molar-refractivity contribution in [1.82, 2.24) is 0 Å². The summed E-state index contributed by atoms with van der Waals surface area (Å²) < 4.78 is 13.6. The van der Waals surface area contributed by atoms with Crippen molar-refractivity contribution in [3.05, 3.63) is 59.9 Å². The monoisotopic (exact) mass is 244 g/mol. The molecule has 0 fully saturated rings. The van der Waals surface area contributed by atoms with E-state index >= 15 is 0 Å². The summed E-state index contributed by atoms with van der Waals surface area (Å²) in [4.78, 5) is 1.92. The van der Waals surface area contributed by atoms with Crippen LogP contribution in [0, 0.1) is 5.82 Å². The maximum Gasteiger partial charge on any atom is 0.146 e. The molecule has 2 aromatic rings. The van der Waals surface area contributed by atoms with Crippen LogP contribution in [0.2, 0.25) is 0 Å². The summed E-state index contributed by atoms with van der Waals surface area (Å²) in [5, 5.41) is 0. The summed E-state index contributed by atoms with van der Waals surface area (Å²) >= 11 is 0. The molecule has 0 bridgehead atoms. The van der Waals surface area contributed by atoms with Crippen molar-refractivity contribution in [1.29, 1.82) is 0 Å². The third kappa shape index (κ3) is 3.00. The Morgan fingerprint density at radius 1 is 1.11 bits per heavy atom. The van der Waals surface area contributed by atoms with E-state index in [0.717, 1.165) is 24.2 Å². The average Bonchev–Trinajstić information content (AvgIpc) is 2.37. The van der Waals surface area contributed by atoms with Gasteiger partial charge < -0.3 is 10.6 Å². The first-order chi connectivity index (χ1) is 8.66. The minimum Gasteiger partial charge on any atom is -0.399 e. The first-order valence-corrected chi connectivity index (χ1v) is 5.97. The topological polar surface area (TPSA) is 29.3 Å². The molecule has 18 heavy (non-hydrogen) atoms. The Kier molecular flexibility index (Phi) is 3.82. The van der Waals surface area contributed by atoms with Crippen molar-refractivity contribution >= 4 is 11.4 Å². The van der Waals surface area contributed by atoms with Crippen molar-refractivity contribution in [3.8, 4) is 0 Å². The van der Waals surface area contributed by atoms with E-state index in [4.69, 9.17) is 5.73 Å². The lowest BCUT2D eigenvalue weighted by Crippen LogP contribution is -2.21. The molecule has 0 unspecified atom stereocenters. The van der Waals surface area contributed by atoms with Crippen LogP contribution in [0.15, 0.2) is 48.5 Å². The minimum atomic E-state index is -0.187. The first kappa shape index (κ1) is 12.4. The fraction of sp³-hybridized carbons (Fsp3) is 0.200. The van der Waals surface area contributed by atoms with Crippen LogP contribution in [0.5, 0.6) is 0 Å². The van der Waals surface area contributed by atoms with E-state index in [1.54, 1.807) is 12.1 Å². The Morgan fingerprint density at radius 2 is 1.89 bits per heavy atom. The van der Waals surface area contributed by atoms with Crippen LogP contribution in [-0.4, -0.2) is 13.6 Å². The fourth-order valence-electron chi connectivity index (χ4n) is 1.93. The highest BCUT2D eigenvalue weighted by Crippen LogP contribution is 2.17. The zero-order valence-electron chi connectivity index (χ0n) is 10.4. The van der Waals surface area contributed by atoms with Gasteiger partial charge >= 0.3 is 0 Å². The van der Waals surface area contributed by atoms with Gasteiger partial charge in [0, 0.05) is 19.3 Å². The number of nitrogens with zero attached hydrogens (tertiary/aromatic N) is 1. The molecule has 0 aliphatic heterocycles. The zero-order chi connectivity index (χ0) is 13.0. The molecule has 0 aliphatic rings. The molecule has 0 heterocycles. The second-order valence-electron chi connectivity index (χ2n) is 4.37. The standard InChI is InChI=1S/C15H17FN2/c1-18(15-8-3-2-7-14(15)16)10-9-12-5-4-6-13(17)11-12/h2-8,11H,9-10,17H2,1H3. The summed E-state index contributed by atoms with van der Waals surface area (Å²) in [6, 6.07) is 14.6. The number of benzene rings is 2. The summed E-state index contributed by atoms with van der Waals surface area (Å²) in [6.07, 6.45) is 0.843. The molecule has 2 nitrogen and oxygen atoms in total. The third-order valence-electron chi connectivity index (χ3n) is 2.95. The lowest BCUT2D eigenvalue weighted by Gasteiger charge is -2.19. The Hall–Kier alpha value is -2.03. The maximum atomic E-state index is 13.6. The van der Waals surface area contributed by atoms with E-state index < -0.39 is 0 Å². The molecular formula is C15H17FN2. The van der Waals surface area contributed by atoms with Crippen molar-refractivity contribution in [2.24, 2.45) is 0 Å². The molecule has 2 aromatic carbocycles. The molecule has 0 aromatic heterocycles. The van der Waals surface area contributed by atoms with Crippen molar-refractivity contribution in [3.63, 3.8) is 0 Å². The highest BCUT2D eigenvalue weighted by molar-refractivity contribution is 5.47. The SMILES string of the molecule is CN(CCc1cccc(N)c1)c1ccccc1F. The summed E-state index contributed by atoms with van der Waals surface area (Å²) in [5.74, 6) is -0.187. The van der Waals surface area contributed by atoms with E-state index in [-0.39, 0.29) is 5.82 Å². The van der Waals surface area contributed by atoms with Gasteiger partial charge in [-0.3, -0.25) is 0 Å². The second kappa shape index (κ2) is 5.54. The number of nitrogens with two attached hydrogens (primary N) is 1. The first-order valence-electron chi connectivity index (χ1n) is 5.97. The van der Waals surface area contributed by atoms with E-state index in [1.807, 2.05) is 42.3 Å². The number of hydrogen-bond acceptors (Lipinski definition) is 2. The van der Waals surface area contributed by atoms with Gasteiger partial charge in [-0.25, -0.2) is 4.39 Å². The van der Waals surface area contributed by atoms with Crippen LogP contribution in [0.4, 0.5) is 15.8 Å². The molecule has 3 heteroatoms. The van der Waals surface area contributed by atoms with Gasteiger partial charge in [-0.05, 0) is 36.2 Å². The maximum absolute atomic E-state index is 13.6. The molecule has 0 spiro atoms. The third-order valence-corrected chi connectivity index (χ3v) is 2.95. The molecule has 0 amide bonds. The molecule has 2 N–H and O–H groups in total. The number of para-hydroxylation sites is 1. The Bertz CT molecular complexity index is 525. The predicted octanol–water partition coefficient (Wildman–Crippen LogP) is 3.09. The quantitative estimate of drug-likeness (QED) is 0.837. The van der Waals surface area contributed by atoms with E-state index in [9.17, 15) is 4.39 Å². The summed E-state index contributed by atoms with van der Waals surface area (Å²) in [5.41, 5.74) is 8.28. The molecule has 2 rings (SSSR count). The number of rotatable bonds is 4. The normalized spacial score (nSPS) is 10.3. The number of nitrogen functional groups attached to an aromatic ring is 1. The number of halogens is 1. The Balaban J connectivity index is 2.00. The van der Waals surface area contributed by atoms with Crippen molar-refractivity contribution in [2.75, 3.05) is 24.2 Å². The van der Waals surface area contributed by atoms with Gasteiger partial charge in [-0.2, -0.15) is 0 Å². The van der Waals surface area contributed by atoms with Gasteiger partial charge in [0.2, 0.25) is 0 Å². The predicted molar refractivity (Wildman–Crippen MR) is 74.2 cm³/mol. The number of anilines is 2. The van der Waals surface area contributed by atoms with Crippen molar-refractivity contribution in [2.45, 2.75) is 6.42 Å². The molecular weight excluding hydrogens is 227 g/mol. The Morgan fingerprint density at radius 3 is 2.61 bits per heavy atom. The lowest BCUT2D eigenvalue weighted by atomic mass is 10.1. The lowest BCUT2D eigenvalue weighted by molar-refractivity contribution is 0.622. The van der Waals surface area contributed by atoms with E-state index in [1.165, 1.54) is 6.07 Å². The molecule has 94 valence electrons. The van der Waals surface area contributed by atoms with Crippen LogP contribution in [0.1, 0.15) is 5.56 Å². The fourth-order valence-corrected chi connectivity index (χ4v) is 1.93. The molecule has 0 aliphatic carbocycles. The van der Waals surface area contributed by atoms with Gasteiger partial charge in [-0.1, -0.05) is 24.3 Å². The average molecular weight is 244 g/mol. The smallest absolute Gasteiger partial charge is 0.146 e. The Labute approximate surface area is 107 Å². The van der Waals surface area contributed by atoms with Crippen LogP contribution in [0.3, 0.4) is 0 Å². The van der Waals surface area contributed by atoms with Gasteiger partial charge in [-0.15, -0.1) is 0 Å². The second-order valence-corrected chi connectivity index (χ2v) is 4.37. The van der Waals surface area contributed by atoms with Gasteiger partial charge in [0.1, 0.15) is 5.82 Å². The van der Waals surface area contributed by atoms with Crippen LogP contribution in [0.25, 0.3) is 0 Å². The minimum absolute atomic E-state index is 0.187.